The third-order valence-corrected chi connectivity index (χ3v) is 7.86. The Hall–Kier alpha value is -3.55. The third kappa shape index (κ3) is 4.89. The van der Waals surface area contributed by atoms with E-state index in [9.17, 15) is 24.7 Å². The molecular weight excluding hydrogens is 475 g/mol. The van der Waals surface area contributed by atoms with Crippen molar-refractivity contribution in [2.75, 3.05) is 11.9 Å². The molecule has 0 spiro atoms. The van der Waals surface area contributed by atoms with Crippen molar-refractivity contribution in [3.8, 4) is 17.5 Å². The molecule has 194 valence electrons. The zero-order valence-corrected chi connectivity index (χ0v) is 21.0. The maximum Gasteiger partial charge on any atom is 0.255 e. The number of pyridine rings is 1. The van der Waals surface area contributed by atoms with Crippen molar-refractivity contribution in [2.24, 2.45) is 0 Å². The number of hydrogen-bond donors (Lipinski definition) is 4. The van der Waals surface area contributed by atoms with E-state index in [1.807, 2.05) is 12.1 Å². The van der Waals surface area contributed by atoms with Crippen molar-refractivity contribution in [2.45, 2.75) is 75.3 Å². The van der Waals surface area contributed by atoms with E-state index in [0.29, 0.717) is 41.9 Å². The van der Waals surface area contributed by atoms with Crippen LogP contribution in [0.5, 0.6) is 0 Å². The first kappa shape index (κ1) is 25.1. The maximum atomic E-state index is 14.3. The van der Waals surface area contributed by atoms with Crippen LogP contribution in [0.15, 0.2) is 36.7 Å². The van der Waals surface area contributed by atoms with Gasteiger partial charge in [0.1, 0.15) is 12.2 Å². The molecule has 9 nitrogen and oxygen atoms in total. The van der Waals surface area contributed by atoms with Crippen LogP contribution in [0.2, 0.25) is 0 Å². The summed E-state index contributed by atoms with van der Waals surface area (Å²) in [6.07, 6.45) is 5.74. The summed E-state index contributed by atoms with van der Waals surface area (Å²) in [5.41, 5.74) is 0.870. The van der Waals surface area contributed by atoms with Gasteiger partial charge in [-0.25, -0.2) is 8.91 Å². The summed E-state index contributed by atoms with van der Waals surface area (Å²) in [4.78, 5) is 17.7. The Labute approximate surface area is 214 Å². The summed E-state index contributed by atoms with van der Waals surface area (Å²) in [7, 11) is 0. The van der Waals surface area contributed by atoms with Gasteiger partial charge in [-0.15, -0.1) is 0 Å². The third-order valence-electron chi connectivity index (χ3n) is 7.86. The van der Waals surface area contributed by atoms with Gasteiger partial charge in [0.25, 0.3) is 5.91 Å². The minimum atomic E-state index is -1.63. The number of carbonyl (C=O) groups is 1. The lowest BCUT2D eigenvalue weighted by atomic mass is 9.63. The van der Waals surface area contributed by atoms with Gasteiger partial charge in [0, 0.05) is 11.7 Å². The number of nitriles is 1. The van der Waals surface area contributed by atoms with Crippen LogP contribution >= 0.6 is 0 Å². The molecule has 3 aliphatic rings. The molecule has 0 aromatic carbocycles. The highest BCUT2D eigenvalue weighted by molar-refractivity contribution is 6.00. The minimum Gasteiger partial charge on any atom is -0.390 e. The number of hydrogen-bond acceptors (Lipinski definition) is 7. The van der Waals surface area contributed by atoms with Crippen molar-refractivity contribution in [1.82, 2.24) is 19.9 Å². The second-order valence-corrected chi connectivity index (χ2v) is 11.0. The number of amides is 1. The quantitative estimate of drug-likeness (QED) is 0.386. The van der Waals surface area contributed by atoms with Crippen LogP contribution in [0.3, 0.4) is 0 Å². The molecule has 4 N–H and O–H groups in total. The van der Waals surface area contributed by atoms with Crippen LogP contribution in [-0.4, -0.2) is 60.2 Å². The van der Waals surface area contributed by atoms with Crippen LogP contribution < -0.4 is 10.6 Å². The zero-order chi connectivity index (χ0) is 26.4. The first-order chi connectivity index (χ1) is 17.5. The van der Waals surface area contributed by atoms with E-state index in [1.54, 1.807) is 16.6 Å². The highest BCUT2D eigenvalue weighted by atomic mass is 19.1. The van der Waals surface area contributed by atoms with Gasteiger partial charge in [0.2, 0.25) is 0 Å². The molecule has 37 heavy (non-hydrogen) atoms. The summed E-state index contributed by atoms with van der Waals surface area (Å²) in [6, 6.07) is 9.31. The van der Waals surface area contributed by atoms with Gasteiger partial charge in [-0.05, 0) is 76.6 Å². The second-order valence-electron chi connectivity index (χ2n) is 11.0. The van der Waals surface area contributed by atoms with Crippen LogP contribution in [0.25, 0.3) is 16.9 Å². The molecule has 10 heteroatoms. The van der Waals surface area contributed by atoms with E-state index in [2.05, 4.69) is 26.8 Å². The van der Waals surface area contributed by atoms with Gasteiger partial charge in [-0.1, -0.05) is 0 Å². The van der Waals surface area contributed by atoms with Crippen molar-refractivity contribution >= 4 is 17.1 Å². The summed E-state index contributed by atoms with van der Waals surface area (Å²) >= 11 is 0. The van der Waals surface area contributed by atoms with Crippen LogP contribution in [0.1, 0.15) is 68.3 Å². The van der Waals surface area contributed by atoms with Crippen molar-refractivity contribution in [3.63, 3.8) is 0 Å². The topological polar surface area (TPSA) is 136 Å². The first-order valence-electron chi connectivity index (χ1n) is 12.5. The predicted octanol–water partition coefficient (Wildman–Crippen LogP) is 3.36. The molecule has 0 aliphatic heterocycles. The summed E-state index contributed by atoms with van der Waals surface area (Å²) in [5.74, 6) is -0.496. The van der Waals surface area contributed by atoms with Crippen molar-refractivity contribution in [3.05, 3.63) is 47.8 Å². The van der Waals surface area contributed by atoms with E-state index in [1.165, 1.54) is 26.2 Å². The lowest BCUT2D eigenvalue weighted by Crippen LogP contribution is -2.54. The van der Waals surface area contributed by atoms with Crippen LogP contribution in [0.4, 0.5) is 10.1 Å². The number of rotatable bonds is 7. The Balaban J connectivity index is 1.49. The fraction of sp³-hybridized carbons (Fsp3) is 0.481. The molecule has 1 atom stereocenters. The zero-order valence-electron chi connectivity index (χ0n) is 21.0. The molecule has 3 aliphatic carbocycles. The van der Waals surface area contributed by atoms with Gasteiger partial charge in [-0.3, -0.25) is 9.78 Å². The molecule has 0 saturated heterocycles. The number of aromatic nitrogens is 3. The second kappa shape index (κ2) is 9.08. The Kier molecular flexibility index (Phi) is 6.16. The lowest BCUT2D eigenvalue weighted by molar-refractivity contribution is -0.0580. The Bertz CT molecular complexity index is 1360. The average molecular weight is 507 g/mol. The molecule has 6 rings (SSSR count). The average Bonchev–Trinajstić information content (AvgIpc) is 3.30. The molecular formula is C27H31FN6O3. The molecule has 2 bridgehead atoms. The van der Waals surface area contributed by atoms with E-state index < -0.39 is 23.3 Å². The maximum absolute atomic E-state index is 14.3. The minimum absolute atomic E-state index is 0.255. The monoisotopic (exact) mass is 506 g/mol. The molecule has 3 saturated carbocycles. The fourth-order valence-corrected chi connectivity index (χ4v) is 5.30. The SMILES string of the molecule is CC(C)(O)C(F)CNC(=O)c1cnc(-c2ccc3cc(C#N)cnn23)cc1NC12CCC(O)(CC1)CC2. The smallest absolute Gasteiger partial charge is 0.255 e. The number of nitrogens with zero attached hydrogens (tertiary/aromatic N) is 4. The summed E-state index contributed by atoms with van der Waals surface area (Å²) in [6.45, 7) is 2.38. The summed E-state index contributed by atoms with van der Waals surface area (Å²) < 4.78 is 16.0. The Morgan fingerprint density at radius 2 is 1.92 bits per heavy atom. The van der Waals surface area contributed by atoms with Gasteiger partial charge < -0.3 is 20.8 Å². The number of anilines is 1. The number of nitrogens with one attached hydrogen (secondary N) is 2. The standard InChI is InChI=1S/C27H31FN6O3/c1-25(2,36)23(28)16-31-24(35)19-15-30-21(22-4-3-18-11-17(13-29)14-32-34(18)22)12-20(19)33-26-5-8-27(37,9-6-26)10-7-26/h3-4,11-12,14-15,23,36-37H,5-10,16H2,1-2H3,(H,30,33)(H,31,35). The molecule has 1 amide bonds. The molecule has 3 heterocycles. The molecule has 0 radical (unpaired) electrons. The van der Waals surface area contributed by atoms with Crippen LogP contribution in [-0.2, 0) is 0 Å². The number of halogens is 1. The van der Waals surface area contributed by atoms with Gasteiger partial charge in [-0.2, -0.15) is 10.4 Å². The highest BCUT2D eigenvalue weighted by Crippen LogP contribution is 2.48. The van der Waals surface area contributed by atoms with Crippen LogP contribution in [0, 0.1) is 11.3 Å². The normalized spacial score (nSPS) is 24.0. The van der Waals surface area contributed by atoms with Crippen molar-refractivity contribution in [1.29, 1.82) is 5.26 Å². The molecule has 1 unspecified atom stereocenters. The van der Waals surface area contributed by atoms with Crippen molar-refractivity contribution < 1.29 is 19.4 Å². The molecule has 3 aromatic heterocycles. The number of carbonyl (C=O) groups excluding carboxylic acids is 1. The lowest BCUT2D eigenvalue weighted by Gasteiger charge is -2.51. The van der Waals surface area contributed by atoms with Gasteiger partial charge >= 0.3 is 0 Å². The highest BCUT2D eigenvalue weighted by Gasteiger charge is 2.48. The predicted molar refractivity (Wildman–Crippen MR) is 136 cm³/mol. The van der Waals surface area contributed by atoms with E-state index in [4.69, 9.17) is 0 Å². The van der Waals surface area contributed by atoms with E-state index in [-0.39, 0.29) is 17.6 Å². The number of aliphatic hydroxyl groups is 2. The Morgan fingerprint density at radius 1 is 1.22 bits per heavy atom. The van der Waals surface area contributed by atoms with E-state index >= 15 is 0 Å². The van der Waals surface area contributed by atoms with Gasteiger partial charge in [0.15, 0.2) is 0 Å². The molecule has 3 aromatic rings. The van der Waals surface area contributed by atoms with Gasteiger partial charge in [0.05, 0.1) is 57.7 Å². The van der Waals surface area contributed by atoms with E-state index in [0.717, 1.165) is 24.8 Å². The largest absolute Gasteiger partial charge is 0.390 e. The summed E-state index contributed by atoms with van der Waals surface area (Å²) in [5, 5.41) is 40.3. The number of fused-ring (bicyclic) bond motifs is 4. The molecule has 3 fully saturated rings. The first-order valence-corrected chi connectivity index (χ1v) is 12.5. The fourth-order valence-electron chi connectivity index (χ4n) is 5.30. The Morgan fingerprint density at radius 3 is 2.57 bits per heavy atom. The number of alkyl halides is 1.